The minimum Gasteiger partial charge on any atom is -0.392 e. The van der Waals surface area contributed by atoms with Gasteiger partial charge in [-0.15, -0.1) is 5.10 Å². The Morgan fingerprint density at radius 1 is 1.06 bits per heavy atom. The fourth-order valence-corrected chi connectivity index (χ4v) is 4.35. The Balaban J connectivity index is 1.29. The predicted octanol–water partition coefficient (Wildman–Crippen LogP) is 3.05. The summed E-state index contributed by atoms with van der Waals surface area (Å²) in [6.07, 6.45) is 11.5. The molecule has 0 aliphatic carbocycles. The molecule has 6 rings (SSSR count). The van der Waals surface area contributed by atoms with Gasteiger partial charge < -0.3 is 14.2 Å². The molecule has 162 valence electrons. The van der Waals surface area contributed by atoms with Crippen molar-refractivity contribution in [1.82, 2.24) is 34.2 Å². The van der Waals surface area contributed by atoms with Gasteiger partial charge in [-0.05, 0) is 43.0 Å². The molecule has 0 amide bonds. The Labute approximate surface area is 183 Å². The molecule has 1 aliphatic rings. The molecular weight excluding hydrogens is 406 g/mol. The van der Waals surface area contributed by atoms with Crippen LogP contribution in [-0.2, 0) is 17.8 Å². The first-order valence-electron chi connectivity index (χ1n) is 10.9. The van der Waals surface area contributed by atoms with Crippen LogP contribution in [0.2, 0.25) is 0 Å². The van der Waals surface area contributed by atoms with Gasteiger partial charge in [0.2, 0.25) is 0 Å². The standard InChI is InChI=1S/C23H23N7O2/c31-15-16-7-8-22-25-17(13-28(22)12-16)10-18-14-29(27-26-18)20-4-3-5-21-19(20)11-24-30(21)23-6-1-2-9-32-23/h3-5,7-8,11-14,23,31H,1-2,6,9-10,15H2. The number of aliphatic hydroxyl groups excluding tert-OH is 1. The maximum Gasteiger partial charge on any atom is 0.150 e. The highest BCUT2D eigenvalue weighted by Gasteiger charge is 2.20. The van der Waals surface area contributed by atoms with Crippen molar-refractivity contribution in [1.29, 1.82) is 0 Å². The van der Waals surface area contributed by atoms with E-state index in [0.717, 1.165) is 65.1 Å². The number of ether oxygens (including phenoxy) is 1. The first-order valence-corrected chi connectivity index (χ1v) is 10.9. The second-order valence-electron chi connectivity index (χ2n) is 8.14. The summed E-state index contributed by atoms with van der Waals surface area (Å²) >= 11 is 0. The van der Waals surface area contributed by atoms with Crippen molar-refractivity contribution in [2.75, 3.05) is 6.61 Å². The van der Waals surface area contributed by atoms with Crippen LogP contribution >= 0.6 is 0 Å². The number of hydrogen-bond donors (Lipinski definition) is 1. The van der Waals surface area contributed by atoms with E-state index in [1.165, 1.54) is 0 Å². The maximum absolute atomic E-state index is 9.33. The summed E-state index contributed by atoms with van der Waals surface area (Å²) in [5.41, 5.74) is 5.38. The number of nitrogens with zero attached hydrogens (tertiary/aromatic N) is 7. The lowest BCUT2D eigenvalue weighted by Gasteiger charge is -2.23. The van der Waals surface area contributed by atoms with E-state index in [9.17, 15) is 5.11 Å². The number of aromatic nitrogens is 7. The summed E-state index contributed by atoms with van der Waals surface area (Å²) in [7, 11) is 0. The molecule has 1 aromatic carbocycles. The van der Waals surface area contributed by atoms with Crippen LogP contribution in [-0.4, -0.2) is 45.9 Å². The third-order valence-corrected chi connectivity index (χ3v) is 5.94. The Morgan fingerprint density at radius 3 is 2.91 bits per heavy atom. The van der Waals surface area contributed by atoms with E-state index >= 15 is 0 Å². The highest BCUT2D eigenvalue weighted by atomic mass is 16.5. The average Bonchev–Trinajstić information content (AvgIpc) is 3.57. The lowest BCUT2D eigenvalue weighted by atomic mass is 10.2. The van der Waals surface area contributed by atoms with Gasteiger partial charge in [-0.25, -0.2) is 14.3 Å². The van der Waals surface area contributed by atoms with Gasteiger partial charge in [-0.1, -0.05) is 17.3 Å². The zero-order chi connectivity index (χ0) is 21.5. The third-order valence-electron chi connectivity index (χ3n) is 5.94. The highest BCUT2D eigenvalue weighted by molar-refractivity contribution is 5.87. The number of rotatable bonds is 5. The summed E-state index contributed by atoms with van der Waals surface area (Å²) in [6, 6.07) is 9.89. The molecule has 1 atom stereocenters. The van der Waals surface area contributed by atoms with Crippen molar-refractivity contribution in [2.45, 2.75) is 38.5 Å². The van der Waals surface area contributed by atoms with Gasteiger partial charge in [0.25, 0.3) is 0 Å². The normalized spacial score (nSPS) is 16.8. The van der Waals surface area contributed by atoms with Crippen molar-refractivity contribution in [3.63, 3.8) is 0 Å². The zero-order valence-corrected chi connectivity index (χ0v) is 17.5. The number of imidazole rings is 1. The van der Waals surface area contributed by atoms with Crippen LogP contribution in [0.1, 0.15) is 42.4 Å². The molecule has 5 aromatic rings. The molecule has 9 nitrogen and oxygen atoms in total. The van der Waals surface area contributed by atoms with E-state index in [1.54, 1.807) is 4.68 Å². The van der Waals surface area contributed by atoms with E-state index in [1.807, 2.05) is 58.1 Å². The second kappa shape index (κ2) is 7.85. The number of aliphatic hydroxyl groups is 1. The molecule has 9 heteroatoms. The van der Waals surface area contributed by atoms with Crippen molar-refractivity contribution in [2.24, 2.45) is 0 Å². The fraction of sp³-hybridized carbons (Fsp3) is 0.304. The first-order chi connectivity index (χ1) is 15.8. The Bertz CT molecular complexity index is 1390. The zero-order valence-electron chi connectivity index (χ0n) is 17.5. The lowest BCUT2D eigenvalue weighted by molar-refractivity contribution is -0.0366. The van der Waals surface area contributed by atoms with Crippen LogP contribution in [0.3, 0.4) is 0 Å². The fourth-order valence-electron chi connectivity index (χ4n) is 4.35. The molecule has 0 saturated carbocycles. The smallest absolute Gasteiger partial charge is 0.150 e. The van der Waals surface area contributed by atoms with Gasteiger partial charge in [-0.2, -0.15) is 5.10 Å². The van der Waals surface area contributed by atoms with Crippen LogP contribution in [0.4, 0.5) is 0 Å². The van der Waals surface area contributed by atoms with Crippen molar-refractivity contribution in [3.05, 3.63) is 72.1 Å². The van der Waals surface area contributed by atoms with Crippen LogP contribution in [0.25, 0.3) is 22.2 Å². The first kappa shape index (κ1) is 19.1. The van der Waals surface area contributed by atoms with Crippen LogP contribution in [0, 0.1) is 0 Å². The van der Waals surface area contributed by atoms with E-state index < -0.39 is 0 Å². The van der Waals surface area contributed by atoms with E-state index in [0.29, 0.717) is 6.42 Å². The molecule has 0 spiro atoms. The van der Waals surface area contributed by atoms with Gasteiger partial charge in [0, 0.05) is 30.8 Å². The third kappa shape index (κ3) is 3.35. The van der Waals surface area contributed by atoms with Gasteiger partial charge in [0.1, 0.15) is 5.65 Å². The SMILES string of the molecule is OCc1ccc2nc(Cc3cn(-c4cccc5c4cnn5C4CCCCO4)nn3)cn2c1. The molecule has 32 heavy (non-hydrogen) atoms. The molecule has 0 bridgehead atoms. The van der Waals surface area contributed by atoms with Gasteiger partial charge >= 0.3 is 0 Å². The average molecular weight is 429 g/mol. The molecular formula is C23H23N7O2. The predicted molar refractivity (Wildman–Crippen MR) is 117 cm³/mol. The van der Waals surface area contributed by atoms with E-state index in [-0.39, 0.29) is 12.8 Å². The van der Waals surface area contributed by atoms with Crippen molar-refractivity contribution in [3.8, 4) is 5.69 Å². The molecule has 1 unspecified atom stereocenters. The molecule has 1 fully saturated rings. The van der Waals surface area contributed by atoms with Crippen LogP contribution < -0.4 is 0 Å². The summed E-state index contributed by atoms with van der Waals surface area (Å²) in [6.45, 7) is 0.787. The molecule has 5 heterocycles. The van der Waals surface area contributed by atoms with Gasteiger partial charge in [-0.3, -0.25) is 0 Å². The lowest BCUT2D eigenvalue weighted by Crippen LogP contribution is -2.18. The summed E-state index contributed by atoms with van der Waals surface area (Å²) in [5, 5.41) is 23.7. The number of pyridine rings is 1. The molecule has 1 aliphatic heterocycles. The maximum atomic E-state index is 9.33. The molecule has 1 saturated heterocycles. The molecule has 1 N–H and O–H groups in total. The van der Waals surface area contributed by atoms with E-state index in [4.69, 9.17) is 4.74 Å². The second-order valence-corrected chi connectivity index (χ2v) is 8.14. The summed E-state index contributed by atoms with van der Waals surface area (Å²) < 4.78 is 11.6. The summed E-state index contributed by atoms with van der Waals surface area (Å²) in [5.74, 6) is 0. The van der Waals surface area contributed by atoms with E-state index in [2.05, 4.69) is 26.5 Å². The minimum absolute atomic E-state index is 0.00673. The largest absolute Gasteiger partial charge is 0.392 e. The topological polar surface area (TPSA) is 95.3 Å². The van der Waals surface area contributed by atoms with Gasteiger partial charge in [0.15, 0.2) is 6.23 Å². The Morgan fingerprint density at radius 2 is 2.03 bits per heavy atom. The van der Waals surface area contributed by atoms with Crippen molar-refractivity contribution >= 4 is 16.6 Å². The molecule has 4 aromatic heterocycles. The molecule has 0 radical (unpaired) electrons. The minimum atomic E-state index is -0.01000. The van der Waals surface area contributed by atoms with Gasteiger partial charge in [0.05, 0.1) is 41.6 Å². The van der Waals surface area contributed by atoms with Crippen LogP contribution in [0.5, 0.6) is 0 Å². The monoisotopic (exact) mass is 429 g/mol. The summed E-state index contributed by atoms with van der Waals surface area (Å²) in [4.78, 5) is 4.65. The highest BCUT2D eigenvalue weighted by Crippen LogP contribution is 2.28. The Kier molecular flexibility index (Phi) is 4.70. The number of fused-ring (bicyclic) bond motifs is 2. The Hall–Kier alpha value is -3.56. The number of benzene rings is 1. The number of hydrogen-bond acceptors (Lipinski definition) is 6. The van der Waals surface area contributed by atoms with Crippen LogP contribution in [0.15, 0.2) is 55.1 Å². The van der Waals surface area contributed by atoms with Crippen molar-refractivity contribution < 1.29 is 9.84 Å². The quantitative estimate of drug-likeness (QED) is 0.461.